The van der Waals surface area contributed by atoms with E-state index in [1.54, 1.807) is 13.8 Å². The Morgan fingerprint density at radius 3 is 2.43 bits per heavy atom. The molecule has 2 N–H and O–H groups in total. The molecule has 0 atom stereocenters. The van der Waals surface area contributed by atoms with Gasteiger partial charge in [0.05, 0.1) is 23.1 Å². The molecule has 9 nitrogen and oxygen atoms in total. The predicted molar refractivity (Wildman–Crippen MR) is 81.1 cm³/mol. The van der Waals surface area contributed by atoms with Crippen molar-refractivity contribution >= 4 is 17.6 Å². The number of hydrogen-bond donors (Lipinski definition) is 2. The molecule has 0 unspecified atom stereocenters. The second-order valence-corrected chi connectivity index (χ2v) is 5.22. The number of carbonyl (C=O) groups excluding carboxylic acids is 1. The fraction of sp³-hybridized carbons (Fsp3) is 0.500. The van der Waals surface area contributed by atoms with Crippen molar-refractivity contribution in [2.75, 3.05) is 0 Å². The Bertz CT molecular complexity index is 663. The van der Waals surface area contributed by atoms with Crippen molar-refractivity contribution in [1.82, 2.24) is 9.88 Å². The van der Waals surface area contributed by atoms with Crippen molar-refractivity contribution in [3.63, 3.8) is 0 Å². The van der Waals surface area contributed by atoms with E-state index in [1.165, 1.54) is 0 Å². The van der Waals surface area contributed by atoms with Crippen molar-refractivity contribution < 1.29 is 19.6 Å². The van der Waals surface area contributed by atoms with Gasteiger partial charge in [0.25, 0.3) is 11.2 Å². The third-order valence-corrected chi connectivity index (χ3v) is 3.74. The molecule has 1 aromatic heterocycles. The van der Waals surface area contributed by atoms with Gasteiger partial charge >= 0.3 is 5.97 Å². The topological polar surface area (TPSA) is 132 Å². The van der Waals surface area contributed by atoms with Gasteiger partial charge in [-0.1, -0.05) is 13.8 Å². The van der Waals surface area contributed by atoms with E-state index in [0.717, 1.165) is 22.9 Å². The molecule has 0 radical (unpaired) electrons. The van der Waals surface area contributed by atoms with Gasteiger partial charge in [-0.3, -0.25) is 29.1 Å². The number of pyridine rings is 1. The van der Waals surface area contributed by atoms with E-state index >= 15 is 0 Å². The Morgan fingerprint density at radius 1 is 1.35 bits per heavy atom. The molecule has 0 aliphatic carbocycles. The lowest BCUT2D eigenvalue weighted by Crippen LogP contribution is -2.50. The fourth-order valence-electron chi connectivity index (χ4n) is 2.25. The van der Waals surface area contributed by atoms with Gasteiger partial charge in [-0.15, -0.1) is 0 Å². The zero-order chi connectivity index (χ0) is 17.6. The van der Waals surface area contributed by atoms with Gasteiger partial charge in [0.15, 0.2) is 0 Å². The number of amides is 1. The van der Waals surface area contributed by atoms with E-state index in [1.807, 2.05) is 0 Å². The highest BCUT2D eigenvalue weighted by Crippen LogP contribution is 2.19. The van der Waals surface area contributed by atoms with E-state index in [-0.39, 0.29) is 12.1 Å². The molecule has 0 saturated carbocycles. The van der Waals surface area contributed by atoms with E-state index in [4.69, 9.17) is 5.11 Å². The maximum absolute atomic E-state index is 12.1. The minimum Gasteiger partial charge on any atom is -0.481 e. The summed E-state index contributed by atoms with van der Waals surface area (Å²) in [5, 5.41) is 22.3. The minimum absolute atomic E-state index is 0.240. The zero-order valence-electron chi connectivity index (χ0n) is 12.9. The van der Waals surface area contributed by atoms with Gasteiger partial charge in [0.1, 0.15) is 6.54 Å². The van der Waals surface area contributed by atoms with Crippen LogP contribution < -0.4 is 10.9 Å². The monoisotopic (exact) mass is 325 g/mol. The Kier molecular flexibility index (Phi) is 6.00. The molecule has 1 heterocycles. The van der Waals surface area contributed by atoms with Gasteiger partial charge in [-0.2, -0.15) is 0 Å². The van der Waals surface area contributed by atoms with Crippen LogP contribution in [0.25, 0.3) is 0 Å². The summed E-state index contributed by atoms with van der Waals surface area (Å²) in [5.41, 5.74) is -1.77. The molecule has 9 heteroatoms. The number of carbonyl (C=O) groups is 2. The van der Waals surface area contributed by atoms with Crippen molar-refractivity contribution in [2.24, 2.45) is 0 Å². The maximum Gasteiger partial charge on any atom is 0.305 e. The summed E-state index contributed by atoms with van der Waals surface area (Å²) in [4.78, 5) is 44.8. The molecule has 0 spiro atoms. The first-order chi connectivity index (χ1) is 10.7. The van der Waals surface area contributed by atoms with E-state index in [0.29, 0.717) is 12.8 Å². The Morgan fingerprint density at radius 2 is 1.96 bits per heavy atom. The van der Waals surface area contributed by atoms with Crippen LogP contribution in [-0.4, -0.2) is 32.0 Å². The SMILES string of the molecule is CCC(CC)(CC(=O)O)NC(=O)Cn1cc([N+](=O)[O-])ccc1=O. The number of nitrogens with one attached hydrogen (secondary N) is 1. The van der Waals surface area contributed by atoms with Crippen LogP contribution in [0.2, 0.25) is 0 Å². The van der Waals surface area contributed by atoms with Crippen LogP contribution in [0.3, 0.4) is 0 Å². The number of aliphatic carboxylic acids is 1. The van der Waals surface area contributed by atoms with Crippen LogP contribution in [0.15, 0.2) is 23.1 Å². The lowest BCUT2D eigenvalue weighted by atomic mass is 9.89. The first-order valence-corrected chi connectivity index (χ1v) is 7.10. The number of carboxylic acids is 1. The van der Waals surface area contributed by atoms with Crippen LogP contribution in [0, 0.1) is 10.1 Å². The van der Waals surface area contributed by atoms with Crippen LogP contribution in [0.1, 0.15) is 33.1 Å². The van der Waals surface area contributed by atoms with E-state index < -0.39 is 34.4 Å². The molecule has 1 rings (SSSR count). The van der Waals surface area contributed by atoms with Crippen LogP contribution in [0.5, 0.6) is 0 Å². The number of hydrogen-bond acceptors (Lipinski definition) is 5. The second kappa shape index (κ2) is 7.52. The molecular formula is C14H19N3O6. The standard InChI is InChI=1S/C14H19N3O6/c1-3-14(4-2,7-13(20)21)15-11(18)9-16-8-10(17(22)23)5-6-12(16)19/h5-6,8H,3-4,7,9H2,1-2H3,(H,15,18)(H,20,21). The summed E-state index contributed by atoms with van der Waals surface area (Å²) in [7, 11) is 0. The van der Waals surface area contributed by atoms with Crippen LogP contribution >= 0.6 is 0 Å². The molecular weight excluding hydrogens is 306 g/mol. The largest absolute Gasteiger partial charge is 0.481 e. The molecule has 0 aliphatic heterocycles. The van der Waals surface area contributed by atoms with Crippen molar-refractivity contribution in [3.05, 3.63) is 38.8 Å². The Balaban J connectivity index is 2.95. The average molecular weight is 325 g/mol. The molecule has 126 valence electrons. The summed E-state index contributed by atoms with van der Waals surface area (Å²) in [5.74, 6) is -1.61. The third kappa shape index (κ3) is 4.90. The van der Waals surface area contributed by atoms with Gasteiger partial charge < -0.3 is 10.4 Å². The smallest absolute Gasteiger partial charge is 0.305 e. The van der Waals surface area contributed by atoms with E-state index in [9.17, 15) is 24.5 Å². The fourth-order valence-corrected chi connectivity index (χ4v) is 2.25. The molecule has 0 bridgehead atoms. The zero-order valence-corrected chi connectivity index (χ0v) is 12.9. The van der Waals surface area contributed by atoms with Crippen LogP contribution in [0.4, 0.5) is 5.69 Å². The molecule has 0 aromatic carbocycles. The summed E-state index contributed by atoms with van der Waals surface area (Å²) >= 11 is 0. The highest BCUT2D eigenvalue weighted by atomic mass is 16.6. The predicted octanol–water partition coefficient (Wildman–Crippen LogP) is 0.906. The normalized spacial score (nSPS) is 11.0. The lowest BCUT2D eigenvalue weighted by Gasteiger charge is -2.31. The molecule has 1 amide bonds. The van der Waals surface area contributed by atoms with Gasteiger partial charge in [-0.25, -0.2) is 0 Å². The second-order valence-electron chi connectivity index (χ2n) is 5.22. The highest BCUT2D eigenvalue weighted by Gasteiger charge is 2.31. The van der Waals surface area contributed by atoms with Gasteiger partial charge in [0.2, 0.25) is 5.91 Å². The lowest BCUT2D eigenvalue weighted by molar-refractivity contribution is -0.385. The van der Waals surface area contributed by atoms with Crippen molar-refractivity contribution in [2.45, 2.75) is 45.2 Å². The van der Waals surface area contributed by atoms with Crippen molar-refractivity contribution in [1.29, 1.82) is 0 Å². The number of carboxylic acid groups (broad SMARTS) is 1. The van der Waals surface area contributed by atoms with Crippen LogP contribution in [-0.2, 0) is 16.1 Å². The van der Waals surface area contributed by atoms with E-state index in [2.05, 4.69) is 5.32 Å². The van der Waals surface area contributed by atoms with Crippen molar-refractivity contribution in [3.8, 4) is 0 Å². The van der Waals surface area contributed by atoms with Gasteiger partial charge in [0, 0.05) is 12.1 Å². The number of aromatic nitrogens is 1. The molecule has 0 aliphatic rings. The maximum atomic E-state index is 12.1. The molecule has 0 fully saturated rings. The Labute approximate surface area is 132 Å². The first-order valence-electron chi connectivity index (χ1n) is 7.10. The number of nitro groups is 1. The molecule has 0 saturated heterocycles. The summed E-state index contributed by atoms with van der Waals surface area (Å²) < 4.78 is 0.921. The van der Waals surface area contributed by atoms with Gasteiger partial charge in [-0.05, 0) is 12.8 Å². The highest BCUT2D eigenvalue weighted by molar-refractivity contribution is 5.78. The third-order valence-electron chi connectivity index (χ3n) is 3.74. The number of rotatable bonds is 8. The summed E-state index contributed by atoms with van der Waals surface area (Å²) in [6, 6.07) is 2.07. The number of nitrogens with zero attached hydrogens (tertiary/aromatic N) is 2. The minimum atomic E-state index is -1.04. The average Bonchev–Trinajstić information content (AvgIpc) is 2.47. The summed E-state index contributed by atoms with van der Waals surface area (Å²) in [6.07, 6.45) is 1.56. The summed E-state index contributed by atoms with van der Waals surface area (Å²) in [6.45, 7) is 3.10. The quantitative estimate of drug-likeness (QED) is 0.539. The Hall–Kier alpha value is -2.71. The first kappa shape index (κ1) is 18.3. The molecule has 23 heavy (non-hydrogen) atoms. The molecule has 1 aromatic rings.